The van der Waals surface area contributed by atoms with E-state index in [0.29, 0.717) is 0 Å². The molecule has 10 nitrogen and oxygen atoms in total. The van der Waals surface area contributed by atoms with Gasteiger partial charge >= 0.3 is 5.97 Å². The summed E-state index contributed by atoms with van der Waals surface area (Å²) in [5.41, 5.74) is 6.87. The summed E-state index contributed by atoms with van der Waals surface area (Å²) in [5.74, 6) is -3.58. The minimum absolute atomic E-state index is 0.00851. The first-order chi connectivity index (χ1) is 15.5. The van der Waals surface area contributed by atoms with Crippen molar-refractivity contribution in [3.63, 3.8) is 0 Å². The molecule has 0 aliphatic heterocycles. The second kappa shape index (κ2) is 13.5. The molecule has 0 heterocycles. The van der Waals surface area contributed by atoms with Crippen molar-refractivity contribution >= 4 is 23.7 Å². The maximum atomic E-state index is 12.8. The molecule has 0 saturated heterocycles. The SMILES string of the molecule is CC(C)CC(NC(=O)C(CO)NC(=O)C(NC(=O)C(N)Cc1ccccc1)C(C)C)C(=O)O. The van der Waals surface area contributed by atoms with Gasteiger partial charge in [-0.3, -0.25) is 14.4 Å². The van der Waals surface area contributed by atoms with Crippen LogP contribution < -0.4 is 21.7 Å². The number of aliphatic hydroxyl groups excluding tert-OH is 1. The Morgan fingerprint density at radius 2 is 1.45 bits per heavy atom. The van der Waals surface area contributed by atoms with Gasteiger partial charge in [-0.15, -0.1) is 0 Å². The molecule has 1 aromatic rings. The van der Waals surface area contributed by atoms with Crippen LogP contribution in [0.1, 0.15) is 39.7 Å². The molecule has 0 fully saturated rings. The first-order valence-corrected chi connectivity index (χ1v) is 11.0. The van der Waals surface area contributed by atoms with Crippen molar-refractivity contribution in [2.45, 2.75) is 64.7 Å². The maximum Gasteiger partial charge on any atom is 0.326 e. The highest BCUT2D eigenvalue weighted by molar-refractivity contribution is 5.94. The molecule has 7 N–H and O–H groups in total. The average molecular weight is 465 g/mol. The summed E-state index contributed by atoms with van der Waals surface area (Å²) in [6.07, 6.45) is 0.477. The Kier molecular flexibility index (Phi) is 11.5. The van der Waals surface area contributed by atoms with Gasteiger partial charge in [0.15, 0.2) is 0 Å². The maximum absolute atomic E-state index is 12.8. The van der Waals surface area contributed by atoms with Gasteiger partial charge in [0.2, 0.25) is 17.7 Å². The first-order valence-electron chi connectivity index (χ1n) is 11.0. The molecule has 1 rings (SSSR count). The summed E-state index contributed by atoms with van der Waals surface area (Å²) in [7, 11) is 0. The fourth-order valence-corrected chi connectivity index (χ4v) is 3.18. The normalized spacial score (nSPS) is 14.8. The third kappa shape index (κ3) is 9.58. The van der Waals surface area contributed by atoms with Gasteiger partial charge in [-0.25, -0.2) is 4.79 Å². The van der Waals surface area contributed by atoms with Crippen molar-refractivity contribution < 1.29 is 29.4 Å². The van der Waals surface area contributed by atoms with E-state index in [1.807, 2.05) is 44.2 Å². The second-order valence-electron chi connectivity index (χ2n) is 8.80. The molecular weight excluding hydrogens is 428 g/mol. The molecule has 184 valence electrons. The van der Waals surface area contributed by atoms with E-state index >= 15 is 0 Å². The number of nitrogens with two attached hydrogens (primary N) is 1. The van der Waals surface area contributed by atoms with Crippen molar-refractivity contribution in [2.75, 3.05) is 6.61 Å². The standard InChI is InChI=1S/C23H36N4O6/c1-13(2)10-17(23(32)33)25-21(30)18(12-28)26-22(31)19(14(3)4)27-20(29)16(24)11-15-8-6-5-7-9-15/h5-9,13-14,16-19,28H,10-12,24H2,1-4H3,(H,25,30)(H,26,31)(H,27,29)(H,32,33). The van der Waals surface area contributed by atoms with Gasteiger partial charge in [-0.2, -0.15) is 0 Å². The summed E-state index contributed by atoms with van der Waals surface area (Å²) >= 11 is 0. The topological polar surface area (TPSA) is 171 Å². The Balaban J connectivity index is 2.79. The molecule has 0 radical (unpaired) electrons. The number of carboxylic acid groups (broad SMARTS) is 1. The van der Waals surface area contributed by atoms with Gasteiger partial charge in [0.1, 0.15) is 18.1 Å². The van der Waals surface area contributed by atoms with E-state index in [1.54, 1.807) is 13.8 Å². The van der Waals surface area contributed by atoms with Crippen LogP contribution in [0, 0.1) is 11.8 Å². The van der Waals surface area contributed by atoms with E-state index < -0.39 is 54.5 Å². The number of hydrogen-bond donors (Lipinski definition) is 6. The van der Waals surface area contributed by atoms with Gasteiger partial charge < -0.3 is 31.9 Å². The Hall–Kier alpha value is -2.98. The van der Waals surface area contributed by atoms with Crippen molar-refractivity contribution in [1.82, 2.24) is 16.0 Å². The van der Waals surface area contributed by atoms with Crippen LogP contribution in [0.15, 0.2) is 30.3 Å². The molecule has 1 aromatic carbocycles. The number of rotatable bonds is 13. The quantitative estimate of drug-likeness (QED) is 0.234. The van der Waals surface area contributed by atoms with Gasteiger partial charge in [-0.1, -0.05) is 58.0 Å². The van der Waals surface area contributed by atoms with E-state index in [1.165, 1.54) is 0 Å². The number of carbonyl (C=O) groups is 4. The van der Waals surface area contributed by atoms with Crippen molar-refractivity contribution in [2.24, 2.45) is 17.6 Å². The molecule has 0 saturated carbocycles. The lowest BCUT2D eigenvalue weighted by molar-refractivity contribution is -0.143. The molecule has 0 spiro atoms. The summed E-state index contributed by atoms with van der Waals surface area (Å²) in [4.78, 5) is 49.2. The van der Waals surface area contributed by atoms with Gasteiger partial charge in [0.25, 0.3) is 0 Å². The Morgan fingerprint density at radius 3 is 1.94 bits per heavy atom. The number of carboxylic acids is 1. The lowest BCUT2D eigenvalue weighted by atomic mass is 10.0. The molecule has 3 amide bonds. The summed E-state index contributed by atoms with van der Waals surface area (Å²) in [6, 6.07) is 4.78. The van der Waals surface area contributed by atoms with Crippen LogP contribution in [0.4, 0.5) is 0 Å². The summed E-state index contributed by atoms with van der Waals surface area (Å²) < 4.78 is 0. The lowest BCUT2D eigenvalue weighted by Gasteiger charge is -2.26. The minimum Gasteiger partial charge on any atom is -0.480 e. The Morgan fingerprint density at radius 1 is 0.879 bits per heavy atom. The monoisotopic (exact) mass is 464 g/mol. The van der Waals surface area contributed by atoms with E-state index in [9.17, 15) is 29.4 Å². The fraction of sp³-hybridized carbons (Fsp3) is 0.565. The zero-order valence-corrected chi connectivity index (χ0v) is 19.6. The van der Waals surface area contributed by atoms with Crippen LogP contribution in [0.3, 0.4) is 0 Å². The van der Waals surface area contributed by atoms with Crippen LogP contribution >= 0.6 is 0 Å². The van der Waals surface area contributed by atoms with Crippen LogP contribution in [0.25, 0.3) is 0 Å². The van der Waals surface area contributed by atoms with E-state index in [-0.39, 0.29) is 24.7 Å². The van der Waals surface area contributed by atoms with Crippen molar-refractivity contribution in [3.8, 4) is 0 Å². The largest absolute Gasteiger partial charge is 0.480 e. The Bertz CT molecular complexity index is 799. The van der Waals surface area contributed by atoms with Crippen LogP contribution in [-0.4, -0.2) is 64.7 Å². The predicted molar refractivity (Wildman–Crippen MR) is 123 cm³/mol. The molecule has 0 aromatic heterocycles. The third-order valence-corrected chi connectivity index (χ3v) is 5.02. The first kappa shape index (κ1) is 28.1. The smallest absolute Gasteiger partial charge is 0.326 e. The molecular formula is C23H36N4O6. The highest BCUT2D eigenvalue weighted by Gasteiger charge is 2.31. The molecule has 4 atom stereocenters. The summed E-state index contributed by atoms with van der Waals surface area (Å²) in [5, 5.41) is 26.2. The average Bonchev–Trinajstić information content (AvgIpc) is 2.74. The highest BCUT2D eigenvalue weighted by Crippen LogP contribution is 2.07. The zero-order valence-electron chi connectivity index (χ0n) is 19.6. The minimum atomic E-state index is -1.37. The third-order valence-electron chi connectivity index (χ3n) is 5.02. The number of carbonyl (C=O) groups excluding carboxylic acids is 3. The number of amides is 3. The van der Waals surface area contributed by atoms with Crippen LogP contribution in [0.5, 0.6) is 0 Å². The van der Waals surface area contributed by atoms with E-state index in [0.717, 1.165) is 5.56 Å². The van der Waals surface area contributed by atoms with E-state index in [4.69, 9.17) is 5.73 Å². The van der Waals surface area contributed by atoms with Gasteiger partial charge in [0, 0.05) is 0 Å². The fourth-order valence-electron chi connectivity index (χ4n) is 3.18. The number of aliphatic carboxylic acids is 1. The van der Waals surface area contributed by atoms with Crippen molar-refractivity contribution in [1.29, 1.82) is 0 Å². The number of benzene rings is 1. The number of hydrogen-bond acceptors (Lipinski definition) is 6. The Labute approximate surface area is 194 Å². The molecule has 10 heteroatoms. The molecule has 0 bridgehead atoms. The van der Waals surface area contributed by atoms with Gasteiger partial charge in [-0.05, 0) is 30.2 Å². The van der Waals surface area contributed by atoms with Crippen LogP contribution in [0.2, 0.25) is 0 Å². The predicted octanol–water partition coefficient (Wildman–Crippen LogP) is -0.210. The van der Waals surface area contributed by atoms with Crippen LogP contribution in [-0.2, 0) is 25.6 Å². The van der Waals surface area contributed by atoms with Crippen molar-refractivity contribution in [3.05, 3.63) is 35.9 Å². The highest BCUT2D eigenvalue weighted by atomic mass is 16.4. The molecule has 0 aliphatic carbocycles. The molecule has 33 heavy (non-hydrogen) atoms. The zero-order chi connectivity index (χ0) is 25.1. The second-order valence-corrected chi connectivity index (χ2v) is 8.80. The molecule has 4 unspecified atom stereocenters. The van der Waals surface area contributed by atoms with Gasteiger partial charge in [0.05, 0.1) is 12.6 Å². The number of aliphatic hydroxyl groups is 1. The molecule has 0 aliphatic rings. The summed E-state index contributed by atoms with van der Waals surface area (Å²) in [6.45, 7) is 6.31. The lowest BCUT2D eigenvalue weighted by Crippen LogP contribution is -2.59. The van der Waals surface area contributed by atoms with E-state index in [2.05, 4.69) is 16.0 Å². The number of nitrogens with one attached hydrogen (secondary N) is 3.